The smallest absolute Gasteiger partial charge is 0.191 e. The van der Waals surface area contributed by atoms with Gasteiger partial charge >= 0.3 is 0 Å². The molecule has 6 heteroatoms. The topological polar surface area (TPSA) is 42.9 Å². The van der Waals surface area contributed by atoms with Crippen LogP contribution >= 0.6 is 24.0 Å². The summed E-state index contributed by atoms with van der Waals surface area (Å²) in [6.45, 7) is 4.90. The Kier molecular flexibility index (Phi) is 9.57. The maximum atomic E-state index is 4.39. The van der Waals surface area contributed by atoms with Crippen molar-refractivity contribution in [1.82, 2.24) is 15.5 Å². The quantitative estimate of drug-likeness (QED) is 0.354. The van der Waals surface area contributed by atoms with E-state index in [4.69, 9.17) is 0 Å². The van der Waals surface area contributed by atoms with Gasteiger partial charge in [-0.15, -0.1) is 24.0 Å². The van der Waals surface area contributed by atoms with Crippen molar-refractivity contribution in [1.29, 1.82) is 0 Å². The van der Waals surface area contributed by atoms with Crippen molar-refractivity contribution in [2.24, 2.45) is 4.99 Å². The van der Waals surface area contributed by atoms with Crippen molar-refractivity contribution < 1.29 is 0 Å². The lowest BCUT2D eigenvalue weighted by molar-refractivity contribution is 0.331. The van der Waals surface area contributed by atoms with Crippen molar-refractivity contribution >= 4 is 35.6 Å². The van der Waals surface area contributed by atoms with E-state index in [0.717, 1.165) is 45.1 Å². The highest BCUT2D eigenvalue weighted by Crippen LogP contribution is 2.19. The minimum atomic E-state index is 0. The lowest BCUT2D eigenvalue weighted by Crippen LogP contribution is -2.46. The zero-order chi connectivity index (χ0) is 18.9. The molecule has 1 atom stereocenters. The van der Waals surface area contributed by atoms with E-state index in [2.05, 4.69) is 93.1 Å². The zero-order valence-electron chi connectivity index (χ0n) is 16.8. The Morgan fingerprint density at radius 1 is 1.11 bits per heavy atom. The lowest BCUT2D eigenvalue weighted by Gasteiger charge is -2.21. The van der Waals surface area contributed by atoms with Gasteiger partial charge in [-0.25, -0.2) is 0 Å². The second-order valence-corrected chi connectivity index (χ2v) is 7.13. The maximum absolute atomic E-state index is 4.39. The van der Waals surface area contributed by atoms with E-state index >= 15 is 0 Å². The molecule has 2 N–H and O–H groups in total. The molecule has 0 aromatic heterocycles. The van der Waals surface area contributed by atoms with Crippen molar-refractivity contribution in [3.8, 4) is 0 Å². The van der Waals surface area contributed by atoms with Gasteiger partial charge in [-0.3, -0.25) is 4.99 Å². The zero-order valence-corrected chi connectivity index (χ0v) is 19.2. The summed E-state index contributed by atoms with van der Waals surface area (Å²) in [4.78, 5) is 9.14. The number of benzene rings is 2. The molecule has 0 saturated carbocycles. The van der Waals surface area contributed by atoms with Crippen LogP contribution in [0.5, 0.6) is 0 Å². The van der Waals surface area contributed by atoms with E-state index in [9.17, 15) is 0 Å². The fraction of sp³-hybridized carbons (Fsp3) is 0.409. The molecule has 1 unspecified atom stereocenters. The molecule has 1 heterocycles. The average Bonchev–Trinajstić information content (AvgIpc) is 3.17. The molecule has 0 amide bonds. The van der Waals surface area contributed by atoms with Gasteiger partial charge in [-0.2, -0.15) is 0 Å². The van der Waals surface area contributed by atoms with Gasteiger partial charge in [0.15, 0.2) is 5.96 Å². The molecule has 28 heavy (non-hydrogen) atoms. The van der Waals surface area contributed by atoms with Gasteiger partial charge in [0.05, 0.1) is 0 Å². The van der Waals surface area contributed by atoms with Gasteiger partial charge in [-0.05, 0) is 31.2 Å². The highest BCUT2D eigenvalue weighted by molar-refractivity contribution is 14.0. The fourth-order valence-corrected chi connectivity index (χ4v) is 3.48. The summed E-state index contributed by atoms with van der Waals surface area (Å²) in [5, 5.41) is 7.01. The normalized spacial score (nSPS) is 16.8. The van der Waals surface area contributed by atoms with Crippen LogP contribution in [0.25, 0.3) is 0 Å². The highest BCUT2D eigenvalue weighted by atomic mass is 127. The van der Waals surface area contributed by atoms with Gasteiger partial charge in [0, 0.05) is 51.5 Å². The fourth-order valence-electron chi connectivity index (χ4n) is 3.48. The van der Waals surface area contributed by atoms with Crippen LogP contribution < -0.4 is 15.5 Å². The van der Waals surface area contributed by atoms with Gasteiger partial charge in [-0.1, -0.05) is 48.5 Å². The molecular formula is C22H32IN5. The Hall–Kier alpha value is -1.80. The Balaban J connectivity index is 0.00000280. The first kappa shape index (κ1) is 22.5. The number of hydrogen-bond acceptors (Lipinski definition) is 3. The van der Waals surface area contributed by atoms with Crippen molar-refractivity contribution in [2.75, 3.05) is 45.2 Å². The first-order valence-electron chi connectivity index (χ1n) is 9.74. The van der Waals surface area contributed by atoms with Crippen LogP contribution in [0.4, 0.5) is 5.69 Å². The number of nitrogens with one attached hydrogen (secondary N) is 2. The first-order valence-corrected chi connectivity index (χ1v) is 9.74. The predicted octanol–water partition coefficient (Wildman–Crippen LogP) is 3.18. The van der Waals surface area contributed by atoms with E-state index in [1.165, 1.54) is 11.3 Å². The van der Waals surface area contributed by atoms with Crippen LogP contribution in [0.1, 0.15) is 12.0 Å². The molecule has 0 radical (unpaired) electrons. The Labute approximate surface area is 186 Å². The summed E-state index contributed by atoms with van der Waals surface area (Å²) in [7, 11) is 3.99. The molecule has 3 rings (SSSR count). The van der Waals surface area contributed by atoms with Gasteiger partial charge in [0.1, 0.15) is 0 Å². The van der Waals surface area contributed by atoms with Crippen LogP contribution in [0, 0.1) is 0 Å². The first-order chi connectivity index (χ1) is 13.2. The second-order valence-electron chi connectivity index (χ2n) is 7.13. The number of hydrogen-bond donors (Lipinski definition) is 2. The highest BCUT2D eigenvalue weighted by Gasteiger charge is 2.23. The Bertz CT molecular complexity index is 707. The molecule has 1 aliphatic heterocycles. The summed E-state index contributed by atoms with van der Waals surface area (Å²) < 4.78 is 0. The van der Waals surface area contributed by atoms with Crippen molar-refractivity contribution in [3.63, 3.8) is 0 Å². The SMILES string of the molecule is CN=C(NCCN(C)Cc1ccccc1)NC1CCN(c2ccccc2)C1.I. The number of halogens is 1. The molecular weight excluding hydrogens is 461 g/mol. The maximum Gasteiger partial charge on any atom is 0.191 e. The molecule has 1 saturated heterocycles. The van der Waals surface area contributed by atoms with Gasteiger partial charge < -0.3 is 20.4 Å². The predicted molar refractivity (Wildman–Crippen MR) is 130 cm³/mol. The summed E-state index contributed by atoms with van der Waals surface area (Å²) in [6, 6.07) is 21.6. The summed E-state index contributed by atoms with van der Waals surface area (Å²) in [5.41, 5.74) is 2.64. The monoisotopic (exact) mass is 493 g/mol. The molecule has 0 bridgehead atoms. The van der Waals surface area contributed by atoms with Crippen LogP contribution in [-0.4, -0.2) is 57.2 Å². The van der Waals surface area contributed by atoms with E-state index < -0.39 is 0 Å². The Morgan fingerprint density at radius 3 is 2.46 bits per heavy atom. The number of rotatable bonds is 7. The van der Waals surface area contributed by atoms with E-state index in [-0.39, 0.29) is 24.0 Å². The number of para-hydroxylation sites is 1. The number of anilines is 1. The van der Waals surface area contributed by atoms with Crippen molar-refractivity contribution in [3.05, 3.63) is 66.2 Å². The van der Waals surface area contributed by atoms with Crippen LogP contribution in [0.3, 0.4) is 0 Å². The van der Waals surface area contributed by atoms with Gasteiger partial charge in [0.25, 0.3) is 0 Å². The Morgan fingerprint density at radius 2 is 1.79 bits per heavy atom. The molecule has 1 fully saturated rings. The number of nitrogens with zero attached hydrogens (tertiary/aromatic N) is 3. The summed E-state index contributed by atoms with van der Waals surface area (Å²) >= 11 is 0. The molecule has 2 aromatic carbocycles. The van der Waals surface area contributed by atoms with Crippen molar-refractivity contribution in [2.45, 2.75) is 19.0 Å². The van der Waals surface area contributed by atoms with Gasteiger partial charge in [0.2, 0.25) is 0 Å². The summed E-state index contributed by atoms with van der Waals surface area (Å²) in [6.07, 6.45) is 1.13. The largest absolute Gasteiger partial charge is 0.369 e. The molecule has 152 valence electrons. The van der Waals surface area contributed by atoms with Crippen LogP contribution in [-0.2, 0) is 6.54 Å². The molecule has 2 aromatic rings. The molecule has 0 aliphatic carbocycles. The minimum Gasteiger partial charge on any atom is -0.369 e. The average molecular weight is 493 g/mol. The molecule has 0 spiro atoms. The third-order valence-electron chi connectivity index (χ3n) is 4.96. The van der Waals surface area contributed by atoms with Crippen LogP contribution in [0.15, 0.2) is 65.7 Å². The lowest BCUT2D eigenvalue weighted by atomic mass is 10.2. The van der Waals surface area contributed by atoms with E-state index in [1.54, 1.807) is 0 Å². The third-order valence-corrected chi connectivity index (χ3v) is 4.96. The molecule has 5 nitrogen and oxygen atoms in total. The van der Waals surface area contributed by atoms with E-state index in [0.29, 0.717) is 6.04 Å². The van der Waals surface area contributed by atoms with E-state index in [1.807, 2.05) is 7.05 Å². The summed E-state index contributed by atoms with van der Waals surface area (Å²) in [5.74, 6) is 0.892. The second kappa shape index (κ2) is 11.9. The third kappa shape index (κ3) is 6.98. The standard InChI is InChI=1S/C22H31N5.HI/c1-23-22(24-14-16-26(2)17-19-9-5-3-6-10-19)25-20-13-15-27(18-20)21-11-7-4-8-12-21;/h3-12,20H,13-18H2,1-2H3,(H2,23,24,25);1H. The number of likely N-dealkylation sites (N-methyl/N-ethyl adjacent to an activating group) is 1. The number of aliphatic imine (C=N–C) groups is 1. The number of guanidine groups is 1. The molecule has 1 aliphatic rings. The minimum absolute atomic E-state index is 0. The van der Waals surface area contributed by atoms with Crippen LogP contribution in [0.2, 0.25) is 0 Å².